The highest BCUT2D eigenvalue weighted by atomic mass is 32.2. The monoisotopic (exact) mass is 384 g/mol. The Hall–Kier alpha value is -3.53. The van der Waals surface area contributed by atoms with Gasteiger partial charge in [0.15, 0.2) is 5.03 Å². The van der Waals surface area contributed by atoms with Gasteiger partial charge in [-0.1, -0.05) is 0 Å². The van der Waals surface area contributed by atoms with Crippen LogP contribution in [-0.2, 0) is 0 Å². The fourth-order valence-electron chi connectivity index (χ4n) is 2.18. The second-order valence-corrected chi connectivity index (χ2v) is 6.04. The van der Waals surface area contributed by atoms with Gasteiger partial charge in [-0.05, 0) is 36.1 Å². The highest BCUT2D eigenvalue weighted by Crippen LogP contribution is 2.33. The van der Waals surface area contributed by atoms with Gasteiger partial charge in [-0.3, -0.25) is 20.2 Å². The number of aliphatic imine (C=N–C) groups is 1. The standard InChI is InChI=1S/C17H12N4O5S/c1-27-17-16(18-10-11-2-6-13(7-3-11)20(22)23)26-15(19-17)12-4-8-14(9-5-12)21(24)25/h2-10H,1H3/b18-10+. The summed E-state index contributed by atoms with van der Waals surface area (Å²) in [4.78, 5) is 29.1. The molecule has 0 saturated heterocycles. The number of rotatable bonds is 6. The van der Waals surface area contributed by atoms with Gasteiger partial charge in [0.25, 0.3) is 17.3 Å². The van der Waals surface area contributed by atoms with Crippen molar-refractivity contribution in [3.8, 4) is 11.5 Å². The van der Waals surface area contributed by atoms with E-state index in [0.717, 1.165) is 0 Å². The second-order valence-electron chi connectivity index (χ2n) is 5.24. The molecule has 1 heterocycles. The highest BCUT2D eigenvalue weighted by Gasteiger charge is 2.14. The van der Waals surface area contributed by atoms with Crippen molar-refractivity contribution < 1.29 is 14.3 Å². The van der Waals surface area contributed by atoms with Crippen LogP contribution in [0.3, 0.4) is 0 Å². The molecule has 2 aromatic carbocycles. The fraction of sp³-hybridized carbons (Fsp3) is 0.0588. The molecule has 0 spiro atoms. The molecule has 0 radical (unpaired) electrons. The number of aromatic nitrogens is 1. The molecular formula is C17H12N4O5S. The first-order valence-corrected chi connectivity index (χ1v) is 8.78. The summed E-state index contributed by atoms with van der Waals surface area (Å²) in [6, 6.07) is 11.8. The zero-order chi connectivity index (χ0) is 19.4. The van der Waals surface area contributed by atoms with E-state index >= 15 is 0 Å². The van der Waals surface area contributed by atoms with Crippen LogP contribution in [0.5, 0.6) is 0 Å². The molecule has 9 nitrogen and oxygen atoms in total. The molecule has 0 amide bonds. The quantitative estimate of drug-likeness (QED) is 0.262. The van der Waals surface area contributed by atoms with Gasteiger partial charge in [0.2, 0.25) is 5.89 Å². The largest absolute Gasteiger partial charge is 0.417 e. The number of hydrogen-bond donors (Lipinski definition) is 0. The Labute approximate surface area is 157 Å². The number of nitro groups is 2. The summed E-state index contributed by atoms with van der Waals surface area (Å²) in [5, 5.41) is 22.0. The lowest BCUT2D eigenvalue weighted by Gasteiger charge is -1.95. The van der Waals surface area contributed by atoms with E-state index in [0.29, 0.717) is 22.0 Å². The summed E-state index contributed by atoms with van der Waals surface area (Å²) in [7, 11) is 0. The van der Waals surface area contributed by atoms with Crippen molar-refractivity contribution in [2.24, 2.45) is 4.99 Å². The molecule has 0 aliphatic rings. The van der Waals surface area contributed by atoms with E-state index < -0.39 is 9.85 Å². The van der Waals surface area contributed by atoms with E-state index in [9.17, 15) is 20.2 Å². The average Bonchev–Trinajstić information content (AvgIpc) is 3.10. The van der Waals surface area contributed by atoms with Crippen molar-refractivity contribution in [1.82, 2.24) is 4.98 Å². The van der Waals surface area contributed by atoms with Crippen LogP contribution < -0.4 is 0 Å². The fourth-order valence-corrected chi connectivity index (χ4v) is 2.62. The minimum Gasteiger partial charge on any atom is -0.417 e. The highest BCUT2D eigenvalue weighted by molar-refractivity contribution is 7.98. The molecule has 3 aromatic rings. The minimum atomic E-state index is -0.480. The van der Waals surface area contributed by atoms with Crippen LogP contribution in [0, 0.1) is 20.2 Å². The first kappa shape index (κ1) is 18.3. The van der Waals surface area contributed by atoms with Gasteiger partial charge in [0.05, 0.1) is 9.85 Å². The Balaban J connectivity index is 1.85. The zero-order valence-corrected chi connectivity index (χ0v) is 14.8. The van der Waals surface area contributed by atoms with Crippen LogP contribution in [0.15, 0.2) is 63.0 Å². The van der Waals surface area contributed by atoms with Gasteiger partial charge >= 0.3 is 0 Å². The summed E-state index contributed by atoms with van der Waals surface area (Å²) < 4.78 is 5.67. The average molecular weight is 384 g/mol. The molecule has 0 unspecified atom stereocenters. The summed E-state index contributed by atoms with van der Waals surface area (Å²) in [6.07, 6.45) is 3.34. The zero-order valence-electron chi connectivity index (χ0n) is 13.9. The lowest BCUT2D eigenvalue weighted by Crippen LogP contribution is -1.88. The van der Waals surface area contributed by atoms with Crippen LogP contribution in [0.2, 0.25) is 0 Å². The molecule has 0 bridgehead atoms. The maximum atomic E-state index is 10.7. The molecular weight excluding hydrogens is 372 g/mol. The Morgan fingerprint density at radius 3 is 2.07 bits per heavy atom. The molecule has 10 heteroatoms. The number of nitro benzene ring substituents is 2. The van der Waals surface area contributed by atoms with Gasteiger partial charge in [0, 0.05) is 36.0 Å². The Bertz CT molecular complexity index is 1010. The van der Waals surface area contributed by atoms with Crippen LogP contribution in [0.1, 0.15) is 5.56 Å². The normalized spacial score (nSPS) is 11.0. The topological polar surface area (TPSA) is 125 Å². The summed E-state index contributed by atoms with van der Waals surface area (Å²) in [5.41, 5.74) is 1.23. The molecule has 0 aliphatic heterocycles. The predicted molar refractivity (Wildman–Crippen MR) is 101 cm³/mol. The lowest BCUT2D eigenvalue weighted by atomic mass is 10.2. The van der Waals surface area contributed by atoms with E-state index in [-0.39, 0.29) is 17.3 Å². The van der Waals surface area contributed by atoms with Crippen LogP contribution >= 0.6 is 11.8 Å². The SMILES string of the molecule is CSc1nc(-c2ccc([N+](=O)[O-])cc2)oc1/N=C/c1ccc([N+](=O)[O-])cc1. The van der Waals surface area contributed by atoms with E-state index in [1.165, 1.54) is 42.2 Å². The summed E-state index contributed by atoms with van der Waals surface area (Å²) in [5.74, 6) is 0.583. The molecule has 3 rings (SSSR count). The molecule has 0 N–H and O–H groups in total. The minimum absolute atomic E-state index is 0.00271. The molecule has 0 saturated carbocycles. The molecule has 27 heavy (non-hydrogen) atoms. The number of thioether (sulfide) groups is 1. The third-order valence-corrected chi connectivity index (χ3v) is 4.19. The van der Waals surface area contributed by atoms with Gasteiger partial charge in [-0.25, -0.2) is 9.98 Å². The first-order valence-electron chi connectivity index (χ1n) is 7.56. The number of oxazole rings is 1. The van der Waals surface area contributed by atoms with E-state index in [2.05, 4.69) is 9.98 Å². The van der Waals surface area contributed by atoms with Crippen LogP contribution in [-0.4, -0.2) is 27.3 Å². The number of non-ortho nitro benzene ring substituents is 2. The second kappa shape index (κ2) is 7.79. The van der Waals surface area contributed by atoms with Crippen molar-refractivity contribution in [3.05, 3.63) is 74.3 Å². The molecule has 0 fully saturated rings. The first-order chi connectivity index (χ1) is 13.0. The van der Waals surface area contributed by atoms with Crippen molar-refractivity contribution in [2.75, 3.05) is 6.26 Å². The van der Waals surface area contributed by atoms with Gasteiger partial charge in [-0.2, -0.15) is 0 Å². The summed E-state index contributed by atoms with van der Waals surface area (Å²) >= 11 is 1.34. The number of nitrogens with zero attached hydrogens (tertiary/aromatic N) is 4. The van der Waals surface area contributed by atoms with Crippen molar-refractivity contribution in [3.63, 3.8) is 0 Å². The van der Waals surface area contributed by atoms with Gasteiger partial charge in [-0.15, -0.1) is 11.8 Å². The summed E-state index contributed by atoms with van der Waals surface area (Å²) in [6.45, 7) is 0. The molecule has 136 valence electrons. The maximum absolute atomic E-state index is 10.7. The van der Waals surface area contributed by atoms with Crippen molar-refractivity contribution >= 4 is 35.2 Å². The number of benzene rings is 2. The van der Waals surface area contributed by atoms with Crippen molar-refractivity contribution in [2.45, 2.75) is 5.03 Å². The van der Waals surface area contributed by atoms with Crippen LogP contribution in [0.4, 0.5) is 17.3 Å². The Morgan fingerprint density at radius 2 is 1.56 bits per heavy atom. The maximum Gasteiger partial charge on any atom is 0.269 e. The molecule has 0 atom stereocenters. The smallest absolute Gasteiger partial charge is 0.269 e. The van der Waals surface area contributed by atoms with Gasteiger partial charge in [0.1, 0.15) is 0 Å². The van der Waals surface area contributed by atoms with Crippen LogP contribution in [0.25, 0.3) is 11.5 Å². The Kier molecular flexibility index (Phi) is 5.27. The number of hydrogen-bond acceptors (Lipinski definition) is 8. The van der Waals surface area contributed by atoms with Gasteiger partial charge < -0.3 is 4.42 Å². The van der Waals surface area contributed by atoms with E-state index in [1.54, 1.807) is 24.3 Å². The Morgan fingerprint density at radius 1 is 1.00 bits per heavy atom. The lowest BCUT2D eigenvalue weighted by molar-refractivity contribution is -0.385. The van der Waals surface area contributed by atoms with E-state index in [4.69, 9.17) is 4.42 Å². The molecule has 0 aliphatic carbocycles. The third kappa shape index (κ3) is 4.18. The predicted octanol–water partition coefficient (Wildman–Crippen LogP) is 4.63. The van der Waals surface area contributed by atoms with E-state index in [1.807, 2.05) is 6.26 Å². The van der Waals surface area contributed by atoms with Crippen molar-refractivity contribution in [1.29, 1.82) is 0 Å². The molecule has 1 aromatic heterocycles. The third-order valence-electron chi connectivity index (χ3n) is 3.53.